The fraction of sp³-hybridized carbons (Fsp3) is 0.103. The van der Waals surface area contributed by atoms with Crippen molar-refractivity contribution < 1.29 is 40.9 Å². The number of hydrogen-bond acceptors (Lipinski definition) is 3. The zero-order chi connectivity index (χ0) is 23.3. The van der Waals surface area contributed by atoms with E-state index < -0.39 is 5.97 Å². The molecule has 1 aromatic heterocycles. The van der Waals surface area contributed by atoms with Gasteiger partial charge in [-0.05, 0) is 41.3 Å². The molecular formula is C29H26N3NaO2. The number of carboxylic acids is 1. The minimum atomic E-state index is -0.946. The topological polar surface area (TPSA) is 67.2 Å². The molecule has 0 spiro atoms. The van der Waals surface area contributed by atoms with Gasteiger partial charge < -0.3 is 16.4 Å². The van der Waals surface area contributed by atoms with Gasteiger partial charge >= 0.3 is 35.5 Å². The summed E-state index contributed by atoms with van der Waals surface area (Å²) in [7, 11) is 0. The predicted octanol–water partition coefficient (Wildman–Crippen LogP) is 3.30. The zero-order valence-corrected chi connectivity index (χ0v) is 21.6. The second kappa shape index (κ2) is 11.4. The van der Waals surface area contributed by atoms with Crippen molar-refractivity contribution in [2.24, 2.45) is 0 Å². The van der Waals surface area contributed by atoms with E-state index in [-0.39, 0.29) is 42.6 Å². The van der Waals surface area contributed by atoms with Gasteiger partial charge in [0.05, 0.1) is 22.6 Å². The molecule has 0 saturated heterocycles. The molecule has 5 aromatic rings. The number of anilines is 1. The first-order chi connectivity index (χ1) is 16.7. The van der Waals surface area contributed by atoms with Gasteiger partial charge in [-0.15, -0.1) is 0 Å². The van der Waals surface area contributed by atoms with Crippen LogP contribution in [0.4, 0.5) is 5.95 Å². The number of imidazole rings is 1. The van der Waals surface area contributed by atoms with Crippen LogP contribution in [0.1, 0.15) is 34.5 Å². The van der Waals surface area contributed by atoms with E-state index in [2.05, 4.69) is 46.3 Å². The number of nitrogens with one attached hydrogen (secondary N) is 1. The molecule has 5 nitrogen and oxygen atoms in total. The Labute approximate surface area is 228 Å². The van der Waals surface area contributed by atoms with Crippen molar-refractivity contribution >= 4 is 23.0 Å². The Morgan fingerprint density at radius 3 is 2.00 bits per heavy atom. The molecule has 0 amide bonds. The van der Waals surface area contributed by atoms with Crippen LogP contribution in [0.25, 0.3) is 11.0 Å². The van der Waals surface area contributed by atoms with Crippen LogP contribution in [0.15, 0.2) is 109 Å². The van der Waals surface area contributed by atoms with Crippen molar-refractivity contribution in [2.75, 3.05) is 5.32 Å². The summed E-state index contributed by atoms with van der Waals surface area (Å²) in [6, 6.07) is 35.8. The van der Waals surface area contributed by atoms with Gasteiger partial charge in [0, 0.05) is 6.54 Å². The standard InChI is InChI=1S/C29H25N3O2.Na.H/c33-28(34)24-16-17-25-26(20-24)32(19-18-21-10-4-1-5-11-21)29(30-25)31-27(22-12-6-2-7-13-22)23-14-8-3-9-15-23;;/h1-17,20,27H,18-19H2,(H,30,31)(H,33,34);;/q;+1;-1. The van der Waals surface area contributed by atoms with Crippen LogP contribution in [0, 0.1) is 0 Å². The molecule has 35 heavy (non-hydrogen) atoms. The minimum absolute atomic E-state index is 0. The molecule has 0 aliphatic heterocycles. The summed E-state index contributed by atoms with van der Waals surface area (Å²) >= 11 is 0. The molecule has 0 unspecified atom stereocenters. The van der Waals surface area contributed by atoms with Gasteiger partial charge in [0.2, 0.25) is 5.95 Å². The Bertz CT molecular complexity index is 1370. The van der Waals surface area contributed by atoms with Crippen LogP contribution in [0.3, 0.4) is 0 Å². The Morgan fingerprint density at radius 2 is 1.43 bits per heavy atom. The number of nitrogens with zero attached hydrogens (tertiary/aromatic N) is 2. The SMILES string of the molecule is O=C(O)c1ccc2nc(NC(c3ccccc3)c3ccccc3)n(CCc3ccccc3)c2c1.[H-].[Na+]. The van der Waals surface area contributed by atoms with Gasteiger partial charge in [-0.25, -0.2) is 9.78 Å². The van der Waals surface area contributed by atoms with E-state index in [0.29, 0.717) is 12.5 Å². The van der Waals surface area contributed by atoms with Gasteiger partial charge in [-0.2, -0.15) is 0 Å². The van der Waals surface area contributed by atoms with Gasteiger partial charge in [0.15, 0.2) is 0 Å². The number of benzene rings is 4. The first kappa shape index (κ1) is 24.7. The number of carboxylic acid groups (broad SMARTS) is 1. The quantitative estimate of drug-likeness (QED) is 0.341. The number of aryl methyl sites for hydroxylation is 2. The summed E-state index contributed by atoms with van der Waals surface area (Å²) in [6.07, 6.45) is 0.805. The summed E-state index contributed by atoms with van der Waals surface area (Å²) in [5.41, 5.74) is 5.29. The summed E-state index contributed by atoms with van der Waals surface area (Å²) in [4.78, 5) is 16.5. The van der Waals surface area contributed by atoms with Crippen LogP contribution in [-0.2, 0) is 13.0 Å². The third-order valence-electron chi connectivity index (χ3n) is 6.00. The number of aromatic nitrogens is 2. The maximum absolute atomic E-state index is 11.6. The van der Waals surface area contributed by atoms with E-state index in [1.165, 1.54) is 5.56 Å². The normalized spacial score (nSPS) is 10.8. The summed E-state index contributed by atoms with van der Waals surface area (Å²) in [5.74, 6) is -0.232. The van der Waals surface area contributed by atoms with E-state index in [4.69, 9.17) is 4.98 Å². The Kier molecular flexibility index (Phi) is 8.03. The minimum Gasteiger partial charge on any atom is -1.00 e. The largest absolute Gasteiger partial charge is 1.00 e. The number of aromatic carboxylic acids is 1. The summed E-state index contributed by atoms with van der Waals surface area (Å²) < 4.78 is 2.09. The molecule has 0 bridgehead atoms. The van der Waals surface area contributed by atoms with Crippen molar-refractivity contribution in [3.05, 3.63) is 131 Å². The molecule has 0 aliphatic carbocycles. The van der Waals surface area contributed by atoms with Crippen molar-refractivity contribution in [3.63, 3.8) is 0 Å². The maximum atomic E-state index is 11.6. The van der Waals surface area contributed by atoms with Gasteiger partial charge in [0.25, 0.3) is 0 Å². The van der Waals surface area contributed by atoms with Crippen molar-refractivity contribution in [1.29, 1.82) is 0 Å². The fourth-order valence-corrected chi connectivity index (χ4v) is 4.26. The van der Waals surface area contributed by atoms with Gasteiger partial charge in [0.1, 0.15) is 0 Å². The van der Waals surface area contributed by atoms with Crippen molar-refractivity contribution in [3.8, 4) is 0 Å². The van der Waals surface area contributed by atoms with Crippen LogP contribution < -0.4 is 34.9 Å². The molecule has 5 rings (SSSR count). The number of carbonyl (C=O) groups is 1. The fourth-order valence-electron chi connectivity index (χ4n) is 4.26. The summed E-state index contributed by atoms with van der Waals surface area (Å²) in [6.45, 7) is 0.669. The second-order valence-electron chi connectivity index (χ2n) is 8.23. The third kappa shape index (κ3) is 5.65. The molecule has 1 heterocycles. The van der Waals surface area contributed by atoms with Crippen LogP contribution in [0.2, 0.25) is 0 Å². The predicted molar refractivity (Wildman–Crippen MR) is 136 cm³/mol. The molecular weight excluding hydrogens is 445 g/mol. The van der Waals surface area contributed by atoms with E-state index in [0.717, 1.165) is 28.6 Å². The Morgan fingerprint density at radius 1 is 0.857 bits per heavy atom. The van der Waals surface area contributed by atoms with Crippen LogP contribution in [-0.4, -0.2) is 20.6 Å². The first-order valence-electron chi connectivity index (χ1n) is 11.3. The van der Waals surface area contributed by atoms with E-state index >= 15 is 0 Å². The van der Waals surface area contributed by atoms with Crippen LogP contribution >= 0.6 is 0 Å². The molecule has 0 atom stereocenters. The maximum Gasteiger partial charge on any atom is 1.00 e. The zero-order valence-electron chi connectivity index (χ0n) is 20.6. The average molecular weight is 472 g/mol. The molecule has 0 radical (unpaired) electrons. The van der Waals surface area contributed by atoms with E-state index in [1.54, 1.807) is 18.2 Å². The second-order valence-corrected chi connectivity index (χ2v) is 8.23. The molecule has 170 valence electrons. The monoisotopic (exact) mass is 471 g/mol. The molecule has 2 N–H and O–H groups in total. The smallest absolute Gasteiger partial charge is 1.00 e. The summed E-state index contributed by atoms with van der Waals surface area (Å²) in [5, 5.41) is 13.2. The number of fused-ring (bicyclic) bond motifs is 1. The molecule has 6 heteroatoms. The Balaban J connectivity index is 0.00000180. The third-order valence-corrected chi connectivity index (χ3v) is 6.00. The van der Waals surface area contributed by atoms with E-state index in [9.17, 15) is 9.90 Å². The number of rotatable bonds is 8. The van der Waals surface area contributed by atoms with E-state index in [1.807, 2.05) is 54.6 Å². The Hall–Kier alpha value is -3.38. The molecule has 0 fully saturated rings. The van der Waals surface area contributed by atoms with Gasteiger partial charge in [-0.1, -0.05) is 91.0 Å². The van der Waals surface area contributed by atoms with Crippen LogP contribution in [0.5, 0.6) is 0 Å². The molecule has 0 saturated carbocycles. The van der Waals surface area contributed by atoms with Gasteiger partial charge in [-0.3, -0.25) is 0 Å². The molecule has 4 aromatic carbocycles. The van der Waals surface area contributed by atoms with Crippen molar-refractivity contribution in [2.45, 2.75) is 19.0 Å². The first-order valence-corrected chi connectivity index (χ1v) is 11.3. The number of hydrogen-bond donors (Lipinski definition) is 2. The van der Waals surface area contributed by atoms with Crippen molar-refractivity contribution in [1.82, 2.24) is 9.55 Å². The molecule has 0 aliphatic rings. The average Bonchev–Trinajstić information content (AvgIpc) is 3.24.